The molecule has 0 unspecified atom stereocenters. The second kappa shape index (κ2) is 8.28. The van der Waals surface area contributed by atoms with Crippen molar-refractivity contribution in [2.75, 3.05) is 0 Å². The summed E-state index contributed by atoms with van der Waals surface area (Å²) in [4.78, 5) is 20.7. The molecule has 102 valence electrons. The monoisotopic (exact) mass is 340 g/mol. The van der Waals surface area contributed by atoms with Gasteiger partial charge in [0, 0.05) is 18.0 Å². The topological polar surface area (TPSA) is 78.3 Å². The Morgan fingerprint density at radius 1 is 1.30 bits per heavy atom. The Hall–Kier alpha value is -0.224. The van der Waals surface area contributed by atoms with Gasteiger partial charge in [-0.2, -0.15) is 4.73 Å². The van der Waals surface area contributed by atoms with Crippen LogP contribution in [-0.2, 0) is 16.5 Å². The molecule has 20 heavy (non-hydrogen) atoms. The number of hydrogen-bond donors (Lipinski definition) is 1. The summed E-state index contributed by atoms with van der Waals surface area (Å²) in [5, 5.41) is 0.0873. The van der Waals surface area contributed by atoms with Gasteiger partial charge in [-0.15, -0.1) is 0 Å². The first-order valence-electron chi connectivity index (χ1n) is 5.19. The predicted octanol–water partition coefficient (Wildman–Crippen LogP) is 0.268. The zero-order chi connectivity index (χ0) is 13.8. The number of carbonyl (C=O) groups excluding carboxylic acids is 1. The van der Waals surface area contributed by atoms with Crippen LogP contribution >= 0.6 is 11.6 Å². The van der Waals surface area contributed by atoms with Gasteiger partial charge >= 0.3 is 57.4 Å². The molecule has 9 heteroatoms. The number of carbonyl (C=O) groups is 1. The Bertz CT molecular complexity index is 665. The number of hydrogen-bond acceptors (Lipinski definition) is 5. The summed E-state index contributed by atoms with van der Waals surface area (Å²) in [5.74, 6) is -1.07. The van der Waals surface area contributed by atoms with Crippen LogP contribution in [0.5, 0.6) is 0 Å². The summed E-state index contributed by atoms with van der Waals surface area (Å²) >= 11 is 5.70. The van der Waals surface area contributed by atoms with E-state index in [1.807, 2.05) is 0 Å². The van der Waals surface area contributed by atoms with Crippen LogP contribution in [0.4, 0.5) is 0 Å². The molecule has 2 heterocycles. The fourth-order valence-electron chi connectivity index (χ4n) is 1.43. The van der Waals surface area contributed by atoms with Crippen LogP contribution in [0, 0.1) is 0 Å². The van der Waals surface area contributed by atoms with E-state index in [4.69, 9.17) is 16.4 Å². The van der Waals surface area contributed by atoms with Crippen LogP contribution in [-0.4, -0.2) is 75.5 Å². The number of pyridine rings is 1. The molecule has 0 saturated carbocycles. The van der Waals surface area contributed by atoms with E-state index < -0.39 is 16.7 Å². The fourth-order valence-corrected chi connectivity index (χ4v) is 2.11. The molecule has 0 bridgehead atoms. The van der Waals surface area contributed by atoms with Crippen molar-refractivity contribution in [1.82, 2.24) is 9.71 Å². The van der Waals surface area contributed by atoms with Gasteiger partial charge in [0.15, 0.2) is 5.69 Å². The Morgan fingerprint density at radius 2 is 1.95 bits per heavy atom. The molecule has 2 rings (SSSR count). The van der Waals surface area contributed by atoms with Gasteiger partial charge in [0.2, 0.25) is 0 Å². The van der Waals surface area contributed by atoms with Gasteiger partial charge in [-0.05, 0) is 18.2 Å². The first-order valence-corrected chi connectivity index (χ1v) is 6.93. The Kier molecular flexibility index (Phi) is 7.38. The van der Waals surface area contributed by atoms with Crippen LogP contribution in [0.15, 0.2) is 36.7 Å². The third kappa shape index (κ3) is 4.95. The second-order valence-electron chi connectivity index (χ2n) is 3.55. The molecule has 0 saturated heterocycles. The van der Waals surface area contributed by atoms with Gasteiger partial charge in [0.25, 0.3) is 0 Å². The predicted molar refractivity (Wildman–Crippen MR) is 75.8 cm³/mol. The van der Waals surface area contributed by atoms with Gasteiger partial charge in [0.1, 0.15) is 15.9 Å². The summed E-state index contributed by atoms with van der Waals surface area (Å²) in [6.45, 7) is 0. The average Bonchev–Trinajstić information content (AvgIpc) is 2.83. The maximum atomic E-state index is 11.9. The third-order valence-electron chi connectivity index (χ3n) is 2.20. The third-order valence-corrected chi connectivity index (χ3v) is 3.01. The molecule has 2 aromatic heterocycles. The van der Waals surface area contributed by atoms with E-state index in [0.29, 0.717) is 0 Å². The molecule has 0 amide bonds. The number of rotatable bonds is 4. The minimum absolute atomic E-state index is 0. The Balaban J connectivity index is 0.00000200. The van der Waals surface area contributed by atoms with Crippen molar-refractivity contribution >= 4 is 79.7 Å². The van der Waals surface area contributed by atoms with Crippen molar-refractivity contribution in [1.29, 1.82) is 0 Å². The second-order valence-corrected chi connectivity index (χ2v) is 4.92. The Morgan fingerprint density at radius 3 is 2.55 bits per heavy atom. The number of halogens is 1. The fraction of sp³-hybridized carbons (Fsp3) is 0.0909. The van der Waals surface area contributed by atoms with E-state index in [1.54, 1.807) is 12.1 Å². The van der Waals surface area contributed by atoms with Crippen LogP contribution in [0.1, 0.15) is 16.1 Å². The molecule has 0 N–H and O–H groups in total. The standard InChI is InChI=1S/C11H9ClN2O4S.K.H/c12-9-4-3-8(7-19(16)17)10(13-9)11(15)18-14-5-1-2-6-14;;/h1-6,19H,7H2;;. The molecule has 0 aliphatic carbocycles. The molecule has 0 spiro atoms. The molecule has 0 aliphatic rings. The molecule has 2 aromatic rings. The number of thiol groups is 1. The van der Waals surface area contributed by atoms with Crippen LogP contribution in [0.3, 0.4) is 0 Å². The maximum absolute atomic E-state index is 11.9. The molecular formula is C11H10ClKN2O4S. The average molecular weight is 341 g/mol. The summed E-state index contributed by atoms with van der Waals surface area (Å²) in [7, 11) is -2.68. The van der Waals surface area contributed by atoms with Gasteiger partial charge in [0.05, 0.1) is 5.75 Å². The zero-order valence-corrected chi connectivity index (χ0v) is 11.2. The van der Waals surface area contributed by atoms with Gasteiger partial charge in [-0.25, -0.2) is 18.2 Å². The van der Waals surface area contributed by atoms with Crippen molar-refractivity contribution in [2.45, 2.75) is 5.75 Å². The van der Waals surface area contributed by atoms with Crippen molar-refractivity contribution in [3.63, 3.8) is 0 Å². The van der Waals surface area contributed by atoms with Crippen LogP contribution < -0.4 is 4.84 Å². The Labute approximate surface area is 164 Å². The van der Waals surface area contributed by atoms with Gasteiger partial charge in [-0.1, -0.05) is 17.7 Å². The number of nitrogens with zero attached hydrogens (tertiary/aromatic N) is 2. The molecular weight excluding hydrogens is 331 g/mol. The first kappa shape index (κ1) is 17.8. The van der Waals surface area contributed by atoms with E-state index >= 15 is 0 Å². The van der Waals surface area contributed by atoms with E-state index in [0.717, 1.165) is 0 Å². The molecule has 0 atom stereocenters. The zero-order valence-electron chi connectivity index (χ0n) is 9.52. The van der Waals surface area contributed by atoms with Crippen molar-refractivity contribution in [3.8, 4) is 0 Å². The van der Waals surface area contributed by atoms with E-state index in [2.05, 4.69) is 4.98 Å². The van der Waals surface area contributed by atoms with Gasteiger partial charge < -0.3 is 4.84 Å². The SMILES string of the molecule is O=C(On1cccc1)c1nc(Cl)ccc1C[SH](=O)=O.[KH]. The molecule has 0 aromatic carbocycles. The van der Waals surface area contributed by atoms with Crippen molar-refractivity contribution < 1.29 is 18.0 Å². The summed E-state index contributed by atoms with van der Waals surface area (Å²) in [5.41, 5.74) is 0.137. The summed E-state index contributed by atoms with van der Waals surface area (Å²) in [6.07, 6.45) is 3.05. The van der Waals surface area contributed by atoms with Crippen molar-refractivity contribution in [3.05, 3.63) is 53.1 Å². The minimum atomic E-state index is -2.68. The molecule has 0 radical (unpaired) electrons. The first-order chi connectivity index (χ1) is 9.06. The molecule has 6 nitrogen and oxygen atoms in total. The summed E-state index contributed by atoms with van der Waals surface area (Å²) < 4.78 is 22.7. The molecule has 0 aliphatic heterocycles. The van der Waals surface area contributed by atoms with E-state index in [1.165, 1.54) is 29.3 Å². The van der Waals surface area contributed by atoms with E-state index in [-0.39, 0.29) is 73.5 Å². The molecule has 0 fully saturated rings. The van der Waals surface area contributed by atoms with Crippen molar-refractivity contribution in [2.24, 2.45) is 0 Å². The van der Waals surface area contributed by atoms with Gasteiger partial charge in [-0.3, -0.25) is 0 Å². The normalized spacial score (nSPS) is 10.1. The summed E-state index contributed by atoms with van der Waals surface area (Å²) in [6, 6.07) is 6.21. The quantitative estimate of drug-likeness (QED) is 0.491. The van der Waals surface area contributed by atoms with Crippen LogP contribution in [0.2, 0.25) is 5.15 Å². The number of aromatic nitrogens is 2. The van der Waals surface area contributed by atoms with E-state index in [9.17, 15) is 13.2 Å². The van der Waals surface area contributed by atoms with Crippen LogP contribution in [0.25, 0.3) is 0 Å².